The molecule has 0 bridgehead atoms. The van der Waals surface area contributed by atoms with Crippen LogP contribution in [0.15, 0.2) is 0 Å². The third kappa shape index (κ3) is 3.73. The summed E-state index contributed by atoms with van der Waals surface area (Å²) in [4.78, 5) is 14.7. The topological polar surface area (TPSA) is 41.6 Å². The Bertz CT molecular complexity index is 312. The van der Waals surface area contributed by atoms with Gasteiger partial charge in [-0.1, -0.05) is 20.8 Å². The summed E-state index contributed by atoms with van der Waals surface area (Å²) >= 11 is 0. The number of nitrogens with one attached hydrogen (secondary N) is 1. The lowest BCUT2D eigenvalue weighted by Crippen LogP contribution is -2.48. The first-order valence-corrected chi connectivity index (χ1v) is 8.23. The second kappa shape index (κ2) is 7.41. The van der Waals surface area contributed by atoms with E-state index >= 15 is 0 Å². The standard InChI is InChI=1S/C16H30N2O2/c1-4-7-17-15-11-20-10-14(15)16(19)18-8-5-13(6-9-18)12(2)3/h12-15,17H,4-11H2,1-3H3. The molecule has 2 saturated heterocycles. The molecule has 1 N–H and O–H groups in total. The van der Waals surface area contributed by atoms with Crippen LogP contribution in [0.3, 0.4) is 0 Å². The largest absolute Gasteiger partial charge is 0.379 e. The van der Waals surface area contributed by atoms with Gasteiger partial charge in [0.05, 0.1) is 19.1 Å². The van der Waals surface area contributed by atoms with E-state index in [-0.39, 0.29) is 12.0 Å². The average Bonchev–Trinajstić information content (AvgIpc) is 2.92. The summed E-state index contributed by atoms with van der Waals surface area (Å²) in [6, 6.07) is 0.213. The number of rotatable bonds is 5. The molecule has 4 heteroatoms. The van der Waals surface area contributed by atoms with Crippen LogP contribution in [0.25, 0.3) is 0 Å². The second-order valence-electron chi connectivity index (χ2n) is 6.61. The molecule has 0 saturated carbocycles. The van der Waals surface area contributed by atoms with Gasteiger partial charge in [0.2, 0.25) is 5.91 Å². The fourth-order valence-corrected chi connectivity index (χ4v) is 3.35. The average molecular weight is 282 g/mol. The van der Waals surface area contributed by atoms with Crippen LogP contribution in [-0.4, -0.2) is 49.7 Å². The highest BCUT2D eigenvalue weighted by atomic mass is 16.5. The minimum atomic E-state index is 0.0251. The summed E-state index contributed by atoms with van der Waals surface area (Å²) in [7, 11) is 0. The highest BCUT2D eigenvalue weighted by Crippen LogP contribution is 2.26. The molecule has 0 radical (unpaired) electrons. The van der Waals surface area contributed by atoms with Crippen LogP contribution in [-0.2, 0) is 9.53 Å². The zero-order valence-electron chi connectivity index (χ0n) is 13.2. The summed E-state index contributed by atoms with van der Waals surface area (Å²) in [5.74, 6) is 1.85. The predicted molar refractivity (Wildman–Crippen MR) is 80.5 cm³/mol. The Morgan fingerprint density at radius 2 is 2.00 bits per heavy atom. The molecular weight excluding hydrogens is 252 g/mol. The van der Waals surface area contributed by atoms with E-state index in [1.54, 1.807) is 0 Å². The summed E-state index contributed by atoms with van der Waals surface area (Å²) < 4.78 is 5.53. The molecule has 2 atom stereocenters. The molecule has 0 aromatic carbocycles. The zero-order chi connectivity index (χ0) is 14.5. The maximum absolute atomic E-state index is 12.7. The van der Waals surface area contributed by atoms with Gasteiger partial charge in [0.1, 0.15) is 0 Å². The minimum Gasteiger partial charge on any atom is -0.379 e. The molecule has 0 aromatic rings. The molecule has 2 rings (SSSR count). The Hall–Kier alpha value is -0.610. The van der Waals surface area contributed by atoms with Crippen molar-refractivity contribution in [3.05, 3.63) is 0 Å². The quantitative estimate of drug-likeness (QED) is 0.837. The van der Waals surface area contributed by atoms with E-state index in [0.717, 1.165) is 50.7 Å². The number of piperidine rings is 1. The molecule has 20 heavy (non-hydrogen) atoms. The molecule has 0 spiro atoms. The lowest BCUT2D eigenvalue weighted by Gasteiger charge is -2.35. The van der Waals surface area contributed by atoms with Crippen LogP contribution in [0.5, 0.6) is 0 Å². The van der Waals surface area contributed by atoms with Crippen LogP contribution in [0.4, 0.5) is 0 Å². The minimum absolute atomic E-state index is 0.0251. The van der Waals surface area contributed by atoms with Crippen molar-refractivity contribution in [2.45, 2.75) is 46.1 Å². The first-order chi connectivity index (χ1) is 9.63. The van der Waals surface area contributed by atoms with Gasteiger partial charge in [-0.3, -0.25) is 4.79 Å². The van der Waals surface area contributed by atoms with E-state index in [1.807, 2.05) is 0 Å². The van der Waals surface area contributed by atoms with Crippen LogP contribution >= 0.6 is 0 Å². The SMILES string of the molecule is CCCNC1COCC1C(=O)N1CCC(C(C)C)CC1. The Morgan fingerprint density at radius 1 is 1.30 bits per heavy atom. The van der Waals surface area contributed by atoms with E-state index in [1.165, 1.54) is 0 Å². The third-order valence-corrected chi connectivity index (χ3v) is 4.85. The van der Waals surface area contributed by atoms with Crippen LogP contribution < -0.4 is 5.32 Å². The van der Waals surface area contributed by atoms with Crippen molar-refractivity contribution < 1.29 is 9.53 Å². The fraction of sp³-hybridized carbons (Fsp3) is 0.938. The fourth-order valence-electron chi connectivity index (χ4n) is 3.35. The summed E-state index contributed by atoms with van der Waals surface area (Å²) in [5.41, 5.74) is 0. The molecule has 2 aliphatic heterocycles. The molecule has 0 aliphatic carbocycles. The predicted octanol–water partition coefficient (Wildman–Crippen LogP) is 1.90. The van der Waals surface area contributed by atoms with Gasteiger partial charge < -0.3 is 15.0 Å². The summed E-state index contributed by atoms with van der Waals surface area (Å²) in [6.07, 6.45) is 3.41. The number of ether oxygens (including phenoxy) is 1. The normalized spacial score (nSPS) is 28.3. The number of nitrogens with zero attached hydrogens (tertiary/aromatic N) is 1. The van der Waals surface area contributed by atoms with E-state index in [9.17, 15) is 4.79 Å². The lowest BCUT2D eigenvalue weighted by molar-refractivity contribution is -0.137. The van der Waals surface area contributed by atoms with Crippen molar-refractivity contribution in [3.63, 3.8) is 0 Å². The molecule has 2 fully saturated rings. The second-order valence-corrected chi connectivity index (χ2v) is 6.61. The van der Waals surface area contributed by atoms with Gasteiger partial charge in [0.25, 0.3) is 0 Å². The van der Waals surface area contributed by atoms with Gasteiger partial charge in [0, 0.05) is 19.1 Å². The van der Waals surface area contributed by atoms with Crippen LogP contribution in [0.1, 0.15) is 40.0 Å². The van der Waals surface area contributed by atoms with Gasteiger partial charge in [-0.2, -0.15) is 0 Å². The highest BCUT2D eigenvalue weighted by Gasteiger charge is 2.37. The maximum Gasteiger partial charge on any atom is 0.229 e. The maximum atomic E-state index is 12.7. The number of likely N-dealkylation sites (tertiary alicyclic amines) is 1. The molecule has 2 unspecified atom stereocenters. The Balaban J connectivity index is 1.85. The Labute approximate surface area is 123 Å². The first-order valence-electron chi connectivity index (χ1n) is 8.23. The van der Waals surface area contributed by atoms with Gasteiger partial charge in [-0.15, -0.1) is 0 Å². The lowest BCUT2D eigenvalue weighted by atomic mass is 9.86. The van der Waals surface area contributed by atoms with Gasteiger partial charge in [-0.05, 0) is 37.6 Å². The smallest absolute Gasteiger partial charge is 0.229 e. The van der Waals surface area contributed by atoms with Crippen LogP contribution in [0.2, 0.25) is 0 Å². The molecule has 116 valence electrons. The molecule has 4 nitrogen and oxygen atoms in total. The van der Waals surface area contributed by atoms with Gasteiger partial charge >= 0.3 is 0 Å². The van der Waals surface area contributed by atoms with E-state index in [0.29, 0.717) is 19.1 Å². The van der Waals surface area contributed by atoms with Crippen molar-refractivity contribution in [1.82, 2.24) is 10.2 Å². The number of amides is 1. The number of carbonyl (C=O) groups is 1. The Morgan fingerprint density at radius 3 is 2.60 bits per heavy atom. The summed E-state index contributed by atoms with van der Waals surface area (Å²) in [6.45, 7) is 10.8. The van der Waals surface area contributed by atoms with E-state index in [2.05, 4.69) is 31.0 Å². The Kier molecular flexibility index (Phi) is 5.85. The van der Waals surface area contributed by atoms with E-state index < -0.39 is 0 Å². The van der Waals surface area contributed by atoms with Crippen molar-refractivity contribution in [2.75, 3.05) is 32.8 Å². The van der Waals surface area contributed by atoms with Crippen LogP contribution in [0, 0.1) is 17.8 Å². The van der Waals surface area contributed by atoms with E-state index in [4.69, 9.17) is 4.74 Å². The summed E-state index contributed by atoms with van der Waals surface area (Å²) in [5, 5.41) is 3.46. The van der Waals surface area contributed by atoms with Gasteiger partial charge in [0.15, 0.2) is 0 Å². The monoisotopic (exact) mass is 282 g/mol. The number of hydrogen-bond acceptors (Lipinski definition) is 3. The van der Waals surface area contributed by atoms with Crippen molar-refractivity contribution in [2.24, 2.45) is 17.8 Å². The number of carbonyl (C=O) groups excluding carboxylic acids is 1. The first kappa shape index (κ1) is 15.8. The van der Waals surface area contributed by atoms with Crippen molar-refractivity contribution in [3.8, 4) is 0 Å². The third-order valence-electron chi connectivity index (χ3n) is 4.85. The van der Waals surface area contributed by atoms with Crippen molar-refractivity contribution >= 4 is 5.91 Å². The number of hydrogen-bond donors (Lipinski definition) is 1. The molecule has 2 heterocycles. The molecule has 2 aliphatic rings. The molecule has 0 aromatic heterocycles. The van der Waals surface area contributed by atoms with Crippen molar-refractivity contribution in [1.29, 1.82) is 0 Å². The molecular formula is C16H30N2O2. The zero-order valence-corrected chi connectivity index (χ0v) is 13.2. The highest BCUT2D eigenvalue weighted by molar-refractivity contribution is 5.80. The van der Waals surface area contributed by atoms with Gasteiger partial charge in [-0.25, -0.2) is 0 Å². The molecule has 1 amide bonds.